The summed E-state index contributed by atoms with van der Waals surface area (Å²) in [5, 5.41) is 0.835. The van der Waals surface area contributed by atoms with E-state index in [1.807, 2.05) is 0 Å². The van der Waals surface area contributed by atoms with Crippen LogP contribution in [0, 0.1) is 0 Å². The molecule has 1 amide bonds. The maximum atomic E-state index is 10.9. The average molecular weight is 278 g/mol. The summed E-state index contributed by atoms with van der Waals surface area (Å²) in [5.41, 5.74) is 5.54. The highest BCUT2D eigenvalue weighted by Crippen LogP contribution is 2.36. The number of methoxy groups -OCH3 is 1. The summed E-state index contributed by atoms with van der Waals surface area (Å²) in [6.45, 7) is 1.79. The molecule has 0 aliphatic heterocycles. The Balaban J connectivity index is 3.25. The molecule has 0 spiro atoms. The lowest BCUT2D eigenvalue weighted by Crippen LogP contribution is -2.36. The molecule has 4 nitrogen and oxygen atoms in total. The Kier molecular flexibility index (Phi) is 4.62. The Morgan fingerprint density at radius 2 is 2.12 bits per heavy atom. The first-order chi connectivity index (χ1) is 7.95. The van der Waals surface area contributed by atoms with Gasteiger partial charge in [-0.3, -0.25) is 0 Å². The van der Waals surface area contributed by atoms with Crippen LogP contribution < -0.4 is 5.73 Å². The Morgan fingerprint density at radius 3 is 2.53 bits per heavy atom. The molecule has 1 atom stereocenters. The Morgan fingerprint density at radius 1 is 1.47 bits per heavy atom. The molecule has 0 bridgehead atoms. The topological polar surface area (TPSA) is 61.6 Å². The van der Waals surface area contributed by atoms with E-state index in [0.717, 1.165) is 0 Å². The van der Waals surface area contributed by atoms with Crippen LogP contribution in [-0.4, -0.2) is 13.2 Å². The number of benzene rings is 1. The van der Waals surface area contributed by atoms with Gasteiger partial charge in [-0.2, -0.15) is 0 Å². The van der Waals surface area contributed by atoms with Crippen LogP contribution in [0.5, 0.6) is 0 Å². The van der Waals surface area contributed by atoms with Crippen molar-refractivity contribution in [1.82, 2.24) is 0 Å². The highest BCUT2D eigenvalue weighted by atomic mass is 35.5. The van der Waals surface area contributed by atoms with E-state index in [1.54, 1.807) is 25.1 Å². The van der Waals surface area contributed by atoms with Crippen molar-refractivity contribution in [2.75, 3.05) is 7.11 Å². The van der Waals surface area contributed by atoms with Gasteiger partial charge in [0.05, 0.1) is 5.02 Å². The third-order valence-corrected chi connectivity index (χ3v) is 2.95. The quantitative estimate of drug-likeness (QED) is 0.859. The van der Waals surface area contributed by atoms with Gasteiger partial charge in [0.15, 0.2) is 0 Å². The summed E-state index contributed by atoms with van der Waals surface area (Å²) in [4.78, 5) is 10.9. The molecule has 1 aromatic carbocycles. The van der Waals surface area contributed by atoms with E-state index in [9.17, 15) is 4.79 Å². The predicted molar refractivity (Wildman–Crippen MR) is 66.1 cm³/mol. The number of hydrogen-bond acceptors (Lipinski definition) is 3. The van der Waals surface area contributed by atoms with Gasteiger partial charge in [-0.05, 0) is 18.2 Å². The molecular weight excluding hydrogens is 265 g/mol. The van der Waals surface area contributed by atoms with E-state index >= 15 is 0 Å². The number of nitrogens with two attached hydrogens (primary N) is 1. The van der Waals surface area contributed by atoms with Crippen molar-refractivity contribution in [1.29, 1.82) is 0 Å². The normalized spacial score (nSPS) is 14.1. The second-order valence-electron chi connectivity index (χ2n) is 3.36. The number of primary amides is 1. The molecule has 0 heterocycles. The van der Waals surface area contributed by atoms with E-state index in [2.05, 4.69) is 0 Å². The van der Waals surface area contributed by atoms with Crippen LogP contribution in [0.1, 0.15) is 18.9 Å². The third-order valence-electron chi connectivity index (χ3n) is 2.40. The van der Waals surface area contributed by atoms with Crippen molar-refractivity contribution < 1.29 is 14.3 Å². The summed E-state index contributed by atoms with van der Waals surface area (Å²) >= 11 is 11.9. The maximum absolute atomic E-state index is 10.9. The van der Waals surface area contributed by atoms with E-state index in [4.69, 9.17) is 38.4 Å². The van der Waals surface area contributed by atoms with Crippen molar-refractivity contribution in [2.45, 2.75) is 19.1 Å². The lowest BCUT2D eigenvalue weighted by atomic mass is 10.0. The number of hydrogen-bond donors (Lipinski definition) is 1. The molecule has 0 saturated heterocycles. The summed E-state index contributed by atoms with van der Waals surface area (Å²) in [5.74, 6) is -1.28. The van der Waals surface area contributed by atoms with E-state index in [-0.39, 0.29) is 0 Å². The van der Waals surface area contributed by atoms with Gasteiger partial charge in [0.25, 0.3) is 0 Å². The van der Waals surface area contributed by atoms with Gasteiger partial charge < -0.3 is 15.2 Å². The van der Waals surface area contributed by atoms with Gasteiger partial charge in [0.2, 0.25) is 5.79 Å². The van der Waals surface area contributed by atoms with Gasteiger partial charge in [-0.1, -0.05) is 30.1 Å². The first-order valence-electron chi connectivity index (χ1n) is 4.94. The van der Waals surface area contributed by atoms with Crippen molar-refractivity contribution in [3.8, 4) is 0 Å². The number of rotatable bonds is 4. The fraction of sp³-hybridized carbons (Fsp3) is 0.364. The molecule has 0 fully saturated rings. The second kappa shape index (κ2) is 5.58. The monoisotopic (exact) mass is 277 g/mol. The largest absolute Gasteiger partial charge is 0.413 e. The fourth-order valence-corrected chi connectivity index (χ4v) is 2.13. The van der Waals surface area contributed by atoms with Crippen molar-refractivity contribution in [3.63, 3.8) is 0 Å². The van der Waals surface area contributed by atoms with Crippen LogP contribution >= 0.6 is 23.2 Å². The molecule has 2 N–H and O–H groups in total. The van der Waals surface area contributed by atoms with Gasteiger partial charge in [-0.25, -0.2) is 4.79 Å². The van der Waals surface area contributed by atoms with Crippen LogP contribution in [-0.2, 0) is 15.3 Å². The second-order valence-corrected chi connectivity index (χ2v) is 4.20. The minimum absolute atomic E-state index is 0.349. The Labute approximate surface area is 110 Å². The molecule has 1 aromatic rings. The molecular formula is C11H13Cl2NO3. The molecule has 0 aliphatic carbocycles. The van der Waals surface area contributed by atoms with Crippen LogP contribution in [0.3, 0.4) is 0 Å². The van der Waals surface area contributed by atoms with Gasteiger partial charge in [0.1, 0.15) is 0 Å². The number of halogens is 2. The molecule has 0 saturated carbocycles. The minimum atomic E-state index is -1.28. The first-order valence-corrected chi connectivity index (χ1v) is 5.70. The average Bonchev–Trinajstić information content (AvgIpc) is 2.26. The zero-order valence-electron chi connectivity index (χ0n) is 9.50. The van der Waals surface area contributed by atoms with Crippen molar-refractivity contribution in [2.24, 2.45) is 5.73 Å². The van der Waals surface area contributed by atoms with Gasteiger partial charge in [0, 0.05) is 24.1 Å². The molecule has 94 valence electrons. The molecule has 0 radical (unpaired) electrons. The predicted octanol–water partition coefficient (Wildman–Crippen LogP) is 3.30. The standard InChI is InChI=1S/C11H13Cl2NO3/c1-3-11(16-2,17-10(14)15)8-5-4-7(12)6-9(8)13/h4-6H,3H2,1-2H3,(H2,14,15)/t11-/m1/s1. The lowest BCUT2D eigenvalue weighted by Gasteiger charge is -2.31. The fourth-order valence-electron chi connectivity index (χ4n) is 1.57. The smallest absolute Gasteiger partial charge is 0.407 e. The Bertz CT molecular complexity index is 419. The maximum Gasteiger partial charge on any atom is 0.407 e. The summed E-state index contributed by atoms with van der Waals surface area (Å²) < 4.78 is 10.3. The Hall–Kier alpha value is -0.970. The van der Waals surface area contributed by atoms with Gasteiger partial charge >= 0.3 is 6.09 Å². The molecule has 17 heavy (non-hydrogen) atoms. The number of amides is 1. The van der Waals surface area contributed by atoms with Crippen LogP contribution in [0.2, 0.25) is 10.0 Å². The van der Waals surface area contributed by atoms with Crippen LogP contribution in [0.15, 0.2) is 18.2 Å². The van der Waals surface area contributed by atoms with Crippen LogP contribution in [0.4, 0.5) is 4.79 Å². The molecule has 1 rings (SSSR count). The number of carbonyl (C=O) groups is 1. The zero-order valence-corrected chi connectivity index (χ0v) is 11.0. The minimum Gasteiger partial charge on any atom is -0.413 e. The van der Waals surface area contributed by atoms with Crippen molar-refractivity contribution in [3.05, 3.63) is 33.8 Å². The highest BCUT2D eigenvalue weighted by molar-refractivity contribution is 6.35. The van der Waals surface area contributed by atoms with E-state index < -0.39 is 11.9 Å². The first kappa shape index (κ1) is 14.1. The van der Waals surface area contributed by atoms with E-state index in [0.29, 0.717) is 22.0 Å². The molecule has 0 aromatic heterocycles. The summed E-state index contributed by atoms with van der Waals surface area (Å²) in [6.07, 6.45) is -0.562. The lowest BCUT2D eigenvalue weighted by molar-refractivity contribution is -0.193. The molecule has 0 unspecified atom stereocenters. The number of carbonyl (C=O) groups excluding carboxylic acids is 1. The van der Waals surface area contributed by atoms with E-state index in [1.165, 1.54) is 7.11 Å². The number of ether oxygens (including phenoxy) is 2. The SMILES string of the molecule is CC[C@@](OC)(OC(N)=O)c1ccc(Cl)cc1Cl. The van der Waals surface area contributed by atoms with Crippen LogP contribution in [0.25, 0.3) is 0 Å². The van der Waals surface area contributed by atoms with Gasteiger partial charge in [-0.15, -0.1) is 0 Å². The molecule has 6 heteroatoms. The van der Waals surface area contributed by atoms with Crippen molar-refractivity contribution >= 4 is 29.3 Å². The molecule has 0 aliphatic rings. The zero-order chi connectivity index (χ0) is 13.1. The third kappa shape index (κ3) is 3.03. The summed E-state index contributed by atoms with van der Waals surface area (Å²) in [6, 6.07) is 4.82. The highest BCUT2D eigenvalue weighted by Gasteiger charge is 2.36. The summed E-state index contributed by atoms with van der Waals surface area (Å²) in [7, 11) is 1.41.